The maximum absolute atomic E-state index is 11.8. The molecule has 1 aliphatic rings. The number of halogens is 1. The van der Waals surface area contributed by atoms with Crippen LogP contribution in [0.15, 0.2) is 12.1 Å². The van der Waals surface area contributed by atoms with Crippen molar-refractivity contribution < 1.29 is 14.6 Å². The van der Waals surface area contributed by atoms with Gasteiger partial charge in [-0.3, -0.25) is 4.79 Å². The molecule has 0 aliphatic heterocycles. The molecule has 1 atom stereocenters. The second kappa shape index (κ2) is 4.00. The van der Waals surface area contributed by atoms with Crippen LogP contribution in [0.5, 0.6) is 11.5 Å². The van der Waals surface area contributed by atoms with E-state index in [-0.39, 0.29) is 15.5 Å². The van der Waals surface area contributed by atoms with E-state index in [4.69, 9.17) is 4.74 Å². The lowest BCUT2D eigenvalue weighted by Crippen LogP contribution is -2.22. The van der Waals surface area contributed by atoms with Crippen molar-refractivity contribution in [1.82, 2.24) is 0 Å². The summed E-state index contributed by atoms with van der Waals surface area (Å²) >= 11 is 2.15. The number of rotatable bonds is 1. The number of phenolic OH excluding ortho intramolecular Hbond substituents is 1. The van der Waals surface area contributed by atoms with E-state index in [1.54, 1.807) is 6.07 Å². The van der Waals surface area contributed by atoms with Gasteiger partial charge in [0.25, 0.3) is 0 Å². The Balaban J connectivity index is 2.52. The number of methoxy groups -OCH3 is 1. The van der Waals surface area contributed by atoms with E-state index < -0.39 is 0 Å². The third-order valence-corrected chi connectivity index (χ3v) is 3.81. The van der Waals surface area contributed by atoms with Crippen molar-refractivity contribution in [3.05, 3.63) is 23.3 Å². The SMILES string of the molecule is COc1cc2c(cc1O)C(=O)C(I)CC2. The van der Waals surface area contributed by atoms with Crippen LogP contribution in [-0.2, 0) is 6.42 Å². The van der Waals surface area contributed by atoms with E-state index in [1.165, 1.54) is 13.2 Å². The predicted octanol–water partition coefficient (Wildman–Crippen LogP) is 2.33. The van der Waals surface area contributed by atoms with Crippen LogP contribution in [-0.4, -0.2) is 21.9 Å². The molecule has 1 N–H and O–H groups in total. The first-order chi connectivity index (χ1) is 7.13. The number of hydrogen-bond acceptors (Lipinski definition) is 3. The molecule has 3 nitrogen and oxygen atoms in total. The molecular weight excluding hydrogens is 307 g/mol. The molecule has 15 heavy (non-hydrogen) atoms. The highest BCUT2D eigenvalue weighted by Crippen LogP contribution is 2.34. The van der Waals surface area contributed by atoms with Gasteiger partial charge in [0.15, 0.2) is 17.3 Å². The summed E-state index contributed by atoms with van der Waals surface area (Å²) in [6.07, 6.45) is 1.73. The summed E-state index contributed by atoms with van der Waals surface area (Å²) in [7, 11) is 1.51. The van der Waals surface area contributed by atoms with Crippen LogP contribution in [0.3, 0.4) is 0 Å². The fourth-order valence-electron chi connectivity index (χ4n) is 1.79. The Morgan fingerprint density at radius 2 is 2.27 bits per heavy atom. The summed E-state index contributed by atoms with van der Waals surface area (Å²) in [4.78, 5) is 11.8. The number of alkyl halides is 1. The van der Waals surface area contributed by atoms with Crippen molar-refractivity contribution in [2.75, 3.05) is 7.11 Å². The Labute approximate surface area is 102 Å². The van der Waals surface area contributed by atoms with Gasteiger partial charge >= 0.3 is 0 Å². The highest BCUT2D eigenvalue weighted by Gasteiger charge is 2.26. The maximum atomic E-state index is 11.8. The van der Waals surface area contributed by atoms with E-state index in [2.05, 4.69) is 22.6 Å². The normalized spacial score (nSPS) is 19.9. The first kappa shape index (κ1) is 10.7. The van der Waals surface area contributed by atoms with Crippen molar-refractivity contribution in [1.29, 1.82) is 0 Å². The minimum atomic E-state index is 0.0305. The first-order valence-corrected chi connectivity index (χ1v) is 5.96. The van der Waals surface area contributed by atoms with Gasteiger partial charge in [-0.05, 0) is 30.5 Å². The van der Waals surface area contributed by atoms with E-state index >= 15 is 0 Å². The van der Waals surface area contributed by atoms with Crippen molar-refractivity contribution in [2.24, 2.45) is 0 Å². The lowest BCUT2D eigenvalue weighted by Gasteiger charge is -2.20. The van der Waals surface area contributed by atoms with Crippen molar-refractivity contribution in [3.63, 3.8) is 0 Å². The van der Waals surface area contributed by atoms with Gasteiger partial charge < -0.3 is 9.84 Å². The molecule has 0 aromatic heterocycles. The predicted molar refractivity (Wildman–Crippen MR) is 65.1 cm³/mol. The highest BCUT2D eigenvalue weighted by atomic mass is 127. The van der Waals surface area contributed by atoms with Crippen molar-refractivity contribution in [2.45, 2.75) is 16.8 Å². The number of phenols is 1. The number of hydrogen-bond donors (Lipinski definition) is 1. The molecule has 2 rings (SSSR count). The molecule has 80 valence electrons. The minimum Gasteiger partial charge on any atom is -0.504 e. The van der Waals surface area contributed by atoms with Crippen LogP contribution < -0.4 is 4.74 Å². The summed E-state index contributed by atoms with van der Waals surface area (Å²) in [5, 5.41) is 9.59. The smallest absolute Gasteiger partial charge is 0.176 e. The zero-order valence-corrected chi connectivity index (χ0v) is 10.4. The third-order valence-electron chi connectivity index (χ3n) is 2.62. The standard InChI is InChI=1S/C11H11IO3/c1-15-10-4-6-2-3-8(12)11(14)7(6)5-9(10)13/h4-5,8,13H,2-3H2,1H3. The molecule has 0 bridgehead atoms. The third kappa shape index (κ3) is 1.82. The summed E-state index contributed by atoms with van der Waals surface area (Å²) in [5.41, 5.74) is 1.61. The quantitative estimate of drug-likeness (QED) is 0.639. The molecule has 0 radical (unpaired) electrons. The molecule has 0 heterocycles. The molecule has 4 heteroatoms. The van der Waals surface area contributed by atoms with Gasteiger partial charge in [0.2, 0.25) is 0 Å². The van der Waals surface area contributed by atoms with Gasteiger partial charge in [0, 0.05) is 5.56 Å². The monoisotopic (exact) mass is 318 g/mol. The van der Waals surface area contributed by atoms with Crippen molar-refractivity contribution >= 4 is 28.4 Å². The summed E-state index contributed by atoms with van der Waals surface area (Å²) in [6, 6.07) is 3.27. The maximum Gasteiger partial charge on any atom is 0.176 e. The lowest BCUT2D eigenvalue weighted by atomic mass is 9.90. The van der Waals surface area contributed by atoms with Crippen LogP contribution >= 0.6 is 22.6 Å². The number of carbonyl (C=O) groups is 1. The molecule has 0 saturated carbocycles. The minimum absolute atomic E-state index is 0.0305. The molecule has 1 aliphatic carbocycles. The number of ketones is 1. The number of ether oxygens (including phenoxy) is 1. The molecule has 0 fully saturated rings. The van der Waals surface area contributed by atoms with Crippen LogP contribution in [0.2, 0.25) is 0 Å². The Bertz CT molecular complexity index is 415. The molecule has 1 aromatic rings. The second-order valence-corrected chi connectivity index (χ2v) is 5.06. The Morgan fingerprint density at radius 3 is 2.93 bits per heavy atom. The topological polar surface area (TPSA) is 46.5 Å². The number of carbonyl (C=O) groups excluding carboxylic acids is 1. The summed E-state index contributed by atoms with van der Waals surface area (Å²) in [6.45, 7) is 0. The molecule has 0 spiro atoms. The molecule has 1 aromatic carbocycles. The lowest BCUT2D eigenvalue weighted by molar-refractivity contribution is 0.0984. The summed E-state index contributed by atoms with van der Waals surface area (Å²) in [5.74, 6) is 0.582. The molecule has 0 saturated heterocycles. The van der Waals surface area contributed by atoms with Crippen molar-refractivity contribution in [3.8, 4) is 11.5 Å². The van der Waals surface area contributed by atoms with Gasteiger partial charge in [-0.2, -0.15) is 0 Å². The van der Waals surface area contributed by atoms with E-state index in [1.807, 2.05) is 0 Å². The van der Waals surface area contributed by atoms with Gasteiger partial charge in [0.05, 0.1) is 11.0 Å². The average Bonchev–Trinajstić information content (AvgIpc) is 2.24. The molecule has 1 unspecified atom stereocenters. The number of Topliss-reactive ketones (excluding diaryl/α,β-unsaturated/α-hetero) is 1. The number of fused-ring (bicyclic) bond motifs is 1. The fourth-order valence-corrected chi connectivity index (χ4v) is 2.44. The largest absolute Gasteiger partial charge is 0.504 e. The van der Waals surface area contributed by atoms with Gasteiger partial charge in [-0.1, -0.05) is 22.6 Å². The Morgan fingerprint density at radius 1 is 1.53 bits per heavy atom. The fraction of sp³-hybridized carbons (Fsp3) is 0.364. The van der Waals surface area contributed by atoms with Crippen LogP contribution in [0.4, 0.5) is 0 Å². The average molecular weight is 318 g/mol. The number of aromatic hydroxyl groups is 1. The molecular formula is C11H11IO3. The van der Waals surface area contributed by atoms with Crippen LogP contribution in [0.25, 0.3) is 0 Å². The van der Waals surface area contributed by atoms with Crippen LogP contribution in [0.1, 0.15) is 22.3 Å². The van der Waals surface area contributed by atoms with Gasteiger partial charge in [-0.15, -0.1) is 0 Å². The first-order valence-electron chi connectivity index (χ1n) is 4.71. The van der Waals surface area contributed by atoms with Crippen LogP contribution in [0, 0.1) is 0 Å². The van der Waals surface area contributed by atoms with E-state index in [0.717, 1.165) is 18.4 Å². The zero-order chi connectivity index (χ0) is 11.0. The molecule has 0 amide bonds. The Kier molecular flexibility index (Phi) is 2.86. The zero-order valence-electron chi connectivity index (χ0n) is 8.29. The number of benzene rings is 1. The number of aryl methyl sites for hydroxylation is 1. The second-order valence-electron chi connectivity index (χ2n) is 3.55. The van der Waals surface area contributed by atoms with E-state index in [9.17, 15) is 9.90 Å². The van der Waals surface area contributed by atoms with Gasteiger partial charge in [-0.25, -0.2) is 0 Å². The Hall–Kier alpha value is -0.780. The summed E-state index contributed by atoms with van der Waals surface area (Å²) < 4.78 is 5.04. The van der Waals surface area contributed by atoms with Gasteiger partial charge in [0.1, 0.15) is 0 Å². The highest BCUT2D eigenvalue weighted by molar-refractivity contribution is 14.1. The van der Waals surface area contributed by atoms with E-state index in [0.29, 0.717) is 11.3 Å².